The largest absolute Gasteiger partial charge is 0.469 e. The minimum atomic E-state index is -0.102. The summed E-state index contributed by atoms with van der Waals surface area (Å²) in [6, 6.07) is 8.55. The summed E-state index contributed by atoms with van der Waals surface area (Å²) in [4.78, 5) is 11.5. The molecule has 0 radical (unpaired) electrons. The molecule has 1 aliphatic rings. The summed E-state index contributed by atoms with van der Waals surface area (Å²) < 4.78 is 4.81. The fourth-order valence-electron chi connectivity index (χ4n) is 2.38. The molecule has 2 rings (SSSR count). The number of hydrogen-bond acceptors (Lipinski definition) is 3. The molecule has 1 fully saturated rings. The number of carbonyl (C=O) groups is 1. The van der Waals surface area contributed by atoms with E-state index >= 15 is 0 Å². The van der Waals surface area contributed by atoms with Gasteiger partial charge in [0.05, 0.1) is 13.0 Å². The highest BCUT2D eigenvalue weighted by Crippen LogP contribution is 2.27. The highest BCUT2D eigenvalue weighted by atomic mass is 16.5. The molecule has 1 aliphatic heterocycles. The molecule has 1 saturated heterocycles. The summed E-state index contributed by atoms with van der Waals surface area (Å²) in [5.74, 6) is 0.294. The van der Waals surface area contributed by atoms with Crippen LogP contribution < -0.4 is 5.32 Å². The summed E-state index contributed by atoms with van der Waals surface area (Å²) in [7, 11) is 1.46. The molecule has 0 saturated carbocycles. The lowest BCUT2D eigenvalue weighted by atomic mass is 9.85. The van der Waals surface area contributed by atoms with Gasteiger partial charge in [-0.3, -0.25) is 4.79 Å². The Labute approximate surface area is 102 Å². The summed E-state index contributed by atoms with van der Waals surface area (Å²) in [5, 5.41) is 3.31. The number of piperidine rings is 1. The number of rotatable bonds is 2. The van der Waals surface area contributed by atoms with Crippen molar-refractivity contribution in [3.8, 4) is 0 Å². The normalized spacial score (nSPS) is 24.4. The van der Waals surface area contributed by atoms with Gasteiger partial charge in [0.1, 0.15) is 0 Å². The molecule has 0 spiro atoms. The second kappa shape index (κ2) is 5.32. The van der Waals surface area contributed by atoms with Gasteiger partial charge < -0.3 is 10.1 Å². The molecule has 0 amide bonds. The first-order valence-electron chi connectivity index (χ1n) is 6.06. The number of benzene rings is 1. The van der Waals surface area contributed by atoms with Crippen molar-refractivity contribution in [2.45, 2.75) is 19.3 Å². The molecule has 1 aromatic rings. The van der Waals surface area contributed by atoms with E-state index in [1.165, 1.54) is 18.2 Å². The third-order valence-corrected chi connectivity index (χ3v) is 3.43. The van der Waals surface area contributed by atoms with Gasteiger partial charge in [0.2, 0.25) is 0 Å². The summed E-state index contributed by atoms with van der Waals surface area (Å²) in [6.07, 6.45) is 0.878. The zero-order chi connectivity index (χ0) is 12.3. The highest BCUT2D eigenvalue weighted by Gasteiger charge is 2.28. The van der Waals surface area contributed by atoms with Crippen molar-refractivity contribution in [1.82, 2.24) is 5.32 Å². The Morgan fingerprint density at radius 2 is 2.00 bits per heavy atom. The third kappa shape index (κ3) is 2.86. The maximum absolute atomic E-state index is 11.5. The molecule has 17 heavy (non-hydrogen) atoms. The maximum Gasteiger partial charge on any atom is 0.309 e. The molecule has 3 heteroatoms. The molecular weight excluding hydrogens is 214 g/mol. The van der Waals surface area contributed by atoms with Crippen LogP contribution >= 0.6 is 0 Å². The van der Waals surface area contributed by atoms with Gasteiger partial charge in [-0.2, -0.15) is 0 Å². The number of aryl methyl sites for hydroxylation is 1. The average molecular weight is 233 g/mol. The van der Waals surface area contributed by atoms with Crippen molar-refractivity contribution >= 4 is 5.97 Å². The fraction of sp³-hybridized carbons (Fsp3) is 0.500. The Morgan fingerprint density at radius 3 is 2.65 bits per heavy atom. The monoisotopic (exact) mass is 233 g/mol. The van der Waals surface area contributed by atoms with E-state index in [0.717, 1.165) is 19.5 Å². The van der Waals surface area contributed by atoms with Crippen LogP contribution in [0.1, 0.15) is 23.5 Å². The number of hydrogen-bond donors (Lipinski definition) is 1. The maximum atomic E-state index is 11.5. The van der Waals surface area contributed by atoms with Crippen molar-refractivity contribution in [2.75, 3.05) is 20.2 Å². The zero-order valence-corrected chi connectivity index (χ0v) is 10.4. The van der Waals surface area contributed by atoms with Crippen LogP contribution in [0, 0.1) is 12.8 Å². The van der Waals surface area contributed by atoms with Crippen LogP contribution in [-0.2, 0) is 9.53 Å². The summed E-state index contributed by atoms with van der Waals surface area (Å²) >= 11 is 0. The number of ether oxygens (including phenoxy) is 1. The van der Waals surface area contributed by atoms with E-state index in [1.807, 2.05) is 0 Å². The van der Waals surface area contributed by atoms with Crippen molar-refractivity contribution in [3.05, 3.63) is 35.4 Å². The standard InChI is InChI=1S/C14H19NO2/c1-10-3-5-11(6-4-10)12-7-13(9-15-8-12)14(16)17-2/h3-6,12-13,15H,7-9H2,1-2H3. The fourth-order valence-corrected chi connectivity index (χ4v) is 2.38. The Hall–Kier alpha value is -1.35. The number of methoxy groups -OCH3 is 1. The van der Waals surface area contributed by atoms with Crippen LogP contribution in [0.4, 0.5) is 0 Å². The van der Waals surface area contributed by atoms with Crippen molar-refractivity contribution in [1.29, 1.82) is 0 Å². The van der Waals surface area contributed by atoms with Crippen LogP contribution in [0.25, 0.3) is 0 Å². The van der Waals surface area contributed by atoms with Crippen LogP contribution in [-0.4, -0.2) is 26.2 Å². The molecule has 2 atom stereocenters. The van der Waals surface area contributed by atoms with Gasteiger partial charge in [0, 0.05) is 13.1 Å². The van der Waals surface area contributed by atoms with Crippen LogP contribution in [0.15, 0.2) is 24.3 Å². The van der Waals surface area contributed by atoms with E-state index in [0.29, 0.717) is 5.92 Å². The molecule has 2 unspecified atom stereocenters. The molecule has 3 nitrogen and oxygen atoms in total. The second-order valence-electron chi connectivity index (χ2n) is 4.72. The van der Waals surface area contributed by atoms with Crippen LogP contribution in [0.2, 0.25) is 0 Å². The molecular formula is C14H19NO2. The predicted octanol–water partition coefficient (Wildman–Crippen LogP) is 1.86. The van der Waals surface area contributed by atoms with Gasteiger partial charge in [-0.25, -0.2) is 0 Å². The van der Waals surface area contributed by atoms with Crippen LogP contribution in [0.3, 0.4) is 0 Å². The second-order valence-corrected chi connectivity index (χ2v) is 4.72. The molecule has 1 heterocycles. The Kier molecular flexibility index (Phi) is 3.79. The van der Waals surface area contributed by atoms with Gasteiger partial charge >= 0.3 is 5.97 Å². The average Bonchev–Trinajstić information content (AvgIpc) is 2.39. The summed E-state index contributed by atoms with van der Waals surface area (Å²) in [6.45, 7) is 3.76. The van der Waals surface area contributed by atoms with Crippen molar-refractivity contribution < 1.29 is 9.53 Å². The molecule has 0 aliphatic carbocycles. The van der Waals surface area contributed by atoms with Gasteiger partial charge in [-0.05, 0) is 24.8 Å². The lowest BCUT2D eigenvalue weighted by Gasteiger charge is -2.28. The first-order chi connectivity index (χ1) is 8.20. The molecule has 0 bridgehead atoms. The van der Waals surface area contributed by atoms with Gasteiger partial charge in [0.25, 0.3) is 0 Å². The molecule has 0 aromatic heterocycles. The Bertz CT molecular complexity index is 386. The summed E-state index contributed by atoms with van der Waals surface area (Å²) in [5.41, 5.74) is 2.57. The molecule has 1 N–H and O–H groups in total. The smallest absolute Gasteiger partial charge is 0.309 e. The number of esters is 1. The minimum Gasteiger partial charge on any atom is -0.469 e. The lowest BCUT2D eigenvalue weighted by Crippen LogP contribution is -2.39. The quantitative estimate of drug-likeness (QED) is 0.792. The third-order valence-electron chi connectivity index (χ3n) is 3.43. The van der Waals surface area contributed by atoms with E-state index in [2.05, 4.69) is 36.5 Å². The molecule has 92 valence electrons. The Balaban J connectivity index is 2.06. The topological polar surface area (TPSA) is 38.3 Å². The van der Waals surface area contributed by atoms with E-state index in [-0.39, 0.29) is 11.9 Å². The minimum absolute atomic E-state index is 0.0138. The molecule has 1 aromatic carbocycles. The first kappa shape index (κ1) is 12.1. The Morgan fingerprint density at radius 1 is 1.29 bits per heavy atom. The highest BCUT2D eigenvalue weighted by molar-refractivity contribution is 5.72. The van der Waals surface area contributed by atoms with Crippen molar-refractivity contribution in [3.63, 3.8) is 0 Å². The first-order valence-corrected chi connectivity index (χ1v) is 6.06. The SMILES string of the molecule is COC(=O)C1CNCC(c2ccc(C)cc2)C1. The van der Waals surface area contributed by atoms with Gasteiger partial charge in [-0.15, -0.1) is 0 Å². The van der Waals surface area contributed by atoms with Gasteiger partial charge in [-0.1, -0.05) is 29.8 Å². The van der Waals surface area contributed by atoms with E-state index < -0.39 is 0 Å². The number of nitrogens with one attached hydrogen (secondary N) is 1. The lowest BCUT2D eigenvalue weighted by molar-refractivity contribution is -0.146. The van der Waals surface area contributed by atoms with Crippen LogP contribution in [0.5, 0.6) is 0 Å². The zero-order valence-electron chi connectivity index (χ0n) is 10.4. The predicted molar refractivity (Wildman–Crippen MR) is 66.9 cm³/mol. The number of carbonyl (C=O) groups excluding carboxylic acids is 1. The van der Waals surface area contributed by atoms with E-state index in [9.17, 15) is 4.79 Å². The van der Waals surface area contributed by atoms with E-state index in [4.69, 9.17) is 4.74 Å². The van der Waals surface area contributed by atoms with E-state index in [1.54, 1.807) is 0 Å². The van der Waals surface area contributed by atoms with Gasteiger partial charge in [0.15, 0.2) is 0 Å². The van der Waals surface area contributed by atoms with Crippen molar-refractivity contribution in [2.24, 2.45) is 5.92 Å².